The molecule has 0 bridgehead atoms. The lowest BCUT2D eigenvalue weighted by Crippen LogP contribution is -2.33. The lowest BCUT2D eigenvalue weighted by atomic mass is 10.1. The second-order valence-corrected chi connectivity index (χ2v) is 5.42. The highest BCUT2D eigenvalue weighted by atomic mass is 19.3. The number of benzene rings is 1. The predicted octanol–water partition coefficient (Wildman–Crippen LogP) is 4.75. The molecule has 0 aliphatic carbocycles. The van der Waals surface area contributed by atoms with Crippen LogP contribution in [0.25, 0.3) is 22.8 Å². The van der Waals surface area contributed by atoms with Crippen LogP contribution in [0.2, 0.25) is 0 Å². The summed E-state index contributed by atoms with van der Waals surface area (Å²) < 4.78 is 54.3. The topological polar surface area (TPSA) is 47.9 Å². The molecule has 26 heavy (non-hydrogen) atoms. The van der Waals surface area contributed by atoms with E-state index in [4.69, 9.17) is 0 Å². The zero-order chi connectivity index (χ0) is 18.7. The van der Waals surface area contributed by atoms with E-state index in [1.807, 2.05) is 6.92 Å². The number of pyridine rings is 1. The van der Waals surface area contributed by atoms with Crippen molar-refractivity contribution in [2.45, 2.75) is 19.5 Å². The minimum Gasteiger partial charge on any atom is -0.428 e. The first kappa shape index (κ1) is 17.8. The Balaban J connectivity index is 1.85. The third-order valence-corrected chi connectivity index (χ3v) is 3.43. The molecule has 4 nitrogen and oxygen atoms in total. The Morgan fingerprint density at radius 2 is 1.62 bits per heavy atom. The average Bonchev–Trinajstić information content (AvgIpc) is 2.62. The van der Waals surface area contributed by atoms with Crippen molar-refractivity contribution in [3.05, 3.63) is 60.4 Å². The van der Waals surface area contributed by atoms with Crippen molar-refractivity contribution < 1.29 is 22.3 Å². The van der Waals surface area contributed by atoms with Crippen molar-refractivity contribution in [3.8, 4) is 28.5 Å². The molecular formula is C18H13F4N3O. The van der Waals surface area contributed by atoms with Crippen molar-refractivity contribution in [1.82, 2.24) is 15.0 Å². The van der Waals surface area contributed by atoms with E-state index >= 15 is 0 Å². The van der Waals surface area contributed by atoms with Crippen molar-refractivity contribution >= 4 is 0 Å². The number of ether oxygens (including phenoxy) is 1. The van der Waals surface area contributed by atoms with Gasteiger partial charge in [-0.25, -0.2) is 15.0 Å². The zero-order valence-corrected chi connectivity index (χ0v) is 13.5. The number of aryl methyl sites for hydroxylation is 1. The molecule has 3 aromatic rings. The molecule has 2 heterocycles. The summed E-state index contributed by atoms with van der Waals surface area (Å²) in [4.78, 5) is 12.9. The molecule has 8 heteroatoms. The summed E-state index contributed by atoms with van der Waals surface area (Å²) in [6.07, 6.45) is -6.82. The molecule has 0 spiro atoms. The molecule has 134 valence electrons. The number of alkyl halides is 4. The van der Waals surface area contributed by atoms with Gasteiger partial charge in [0.25, 0.3) is 0 Å². The Kier molecular flexibility index (Phi) is 4.83. The summed E-state index contributed by atoms with van der Waals surface area (Å²) in [7, 11) is 0. The second kappa shape index (κ2) is 7.07. The normalized spacial score (nSPS) is 11.6. The maximum atomic E-state index is 12.9. The molecule has 0 fully saturated rings. The molecule has 1 aromatic carbocycles. The van der Waals surface area contributed by atoms with Crippen LogP contribution in [0.3, 0.4) is 0 Å². The van der Waals surface area contributed by atoms with Gasteiger partial charge in [0, 0.05) is 17.5 Å². The van der Waals surface area contributed by atoms with Gasteiger partial charge in [0.1, 0.15) is 11.4 Å². The van der Waals surface area contributed by atoms with Crippen molar-refractivity contribution in [1.29, 1.82) is 0 Å². The molecule has 0 saturated heterocycles. The average molecular weight is 363 g/mol. The number of nitrogens with zero attached hydrogens (tertiary/aromatic N) is 3. The first-order valence-electron chi connectivity index (χ1n) is 7.57. The zero-order valence-electron chi connectivity index (χ0n) is 13.5. The van der Waals surface area contributed by atoms with Gasteiger partial charge in [-0.15, -0.1) is 0 Å². The van der Waals surface area contributed by atoms with Crippen LogP contribution in [0, 0.1) is 6.92 Å². The van der Waals surface area contributed by atoms with Crippen LogP contribution in [-0.4, -0.2) is 27.5 Å². The summed E-state index contributed by atoms with van der Waals surface area (Å²) in [5, 5.41) is 0. The molecule has 2 aromatic heterocycles. The molecule has 0 amide bonds. The summed E-state index contributed by atoms with van der Waals surface area (Å²) in [6.45, 7) is 1.84. The smallest absolute Gasteiger partial charge is 0.428 e. The lowest BCUT2D eigenvalue weighted by molar-refractivity contribution is -0.253. The van der Waals surface area contributed by atoms with Gasteiger partial charge in [0.2, 0.25) is 0 Å². The maximum Gasteiger partial charge on any atom is 0.461 e. The van der Waals surface area contributed by atoms with E-state index in [0.717, 1.165) is 5.69 Å². The van der Waals surface area contributed by atoms with E-state index in [2.05, 4.69) is 19.7 Å². The van der Waals surface area contributed by atoms with Gasteiger partial charge in [-0.05, 0) is 49.4 Å². The largest absolute Gasteiger partial charge is 0.461 e. The quantitative estimate of drug-likeness (QED) is 0.614. The van der Waals surface area contributed by atoms with Crippen molar-refractivity contribution in [2.24, 2.45) is 0 Å². The Morgan fingerprint density at radius 1 is 0.923 bits per heavy atom. The molecular weight excluding hydrogens is 350 g/mol. The third kappa shape index (κ3) is 3.96. The maximum absolute atomic E-state index is 12.9. The molecule has 0 aliphatic rings. The van der Waals surface area contributed by atoms with Crippen molar-refractivity contribution in [2.75, 3.05) is 0 Å². The third-order valence-electron chi connectivity index (χ3n) is 3.43. The van der Waals surface area contributed by atoms with Gasteiger partial charge >= 0.3 is 12.5 Å². The van der Waals surface area contributed by atoms with Gasteiger partial charge in [-0.1, -0.05) is 6.07 Å². The van der Waals surface area contributed by atoms with Gasteiger partial charge in [0.15, 0.2) is 5.82 Å². The van der Waals surface area contributed by atoms with Gasteiger partial charge in [-0.3, -0.25) is 0 Å². The van der Waals surface area contributed by atoms with E-state index in [9.17, 15) is 17.6 Å². The van der Waals surface area contributed by atoms with Crippen LogP contribution in [0.5, 0.6) is 5.75 Å². The van der Waals surface area contributed by atoms with Gasteiger partial charge < -0.3 is 4.74 Å². The highest BCUT2D eigenvalue weighted by Gasteiger charge is 2.43. The minimum atomic E-state index is -4.54. The van der Waals surface area contributed by atoms with Crippen molar-refractivity contribution in [3.63, 3.8) is 0 Å². The van der Waals surface area contributed by atoms with E-state index in [1.165, 1.54) is 24.3 Å². The van der Waals surface area contributed by atoms with Crippen LogP contribution in [0.15, 0.2) is 54.7 Å². The Hall–Kier alpha value is -3.03. The van der Waals surface area contributed by atoms with Crippen LogP contribution >= 0.6 is 0 Å². The molecule has 0 radical (unpaired) electrons. The fourth-order valence-electron chi connectivity index (χ4n) is 2.19. The molecule has 0 saturated carbocycles. The van der Waals surface area contributed by atoms with Crippen LogP contribution in [0.1, 0.15) is 5.69 Å². The van der Waals surface area contributed by atoms with Gasteiger partial charge in [-0.2, -0.15) is 17.6 Å². The van der Waals surface area contributed by atoms with E-state index in [1.54, 1.807) is 30.5 Å². The monoisotopic (exact) mass is 363 g/mol. The Labute approximate surface area is 146 Å². The number of aromatic nitrogens is 3. The van der Waals surface area contributed by atoms with E-state index in [-0.39, 0.29) is 5.75 Å². The summed E-state index contributed by atoms with van der Waals surface area (Å²) in [5.41, 5.74) is 2.51. The highest BCUT2D eigenvalue weighted by molar-refractivity contribution is 5.63. The molecule has 0 atom stereocenters. The first-order chi connectivity index (χ1) is 12.3. The van der Waals surface area contributed by atoms with Crippen LogP contribution in [0.4, 0.5) is 17.6 Å². The summed E-state index contributed by atoms with van der Waals surface area (Å²) in [6, 6.07) is 12.3. The van der Waals surface area contributed by atoms with E-state index in [0.29, 0.717) is 22.8 Å². The number of hydrogen-bond acceptors (Lipinski definition) is 4. The van der Waals surface area contributed by atoms with Crippen LogP contribution < -0.4 is 4.74 Å². The number of halogens is 4. The summed E-state index contributed by atoms with van der Waals surface area (Å²) in [5.74, 6) is 0.0978. The van der Waals surface area contributed by atoms with Crippen LogP contribution in [-0.2, 0) is 0 Å². The SMILES string of the molecule is Cc1ccnc(-c2cccc(-c3ccc(OC(F)(F)C(F)F)cc3)n2)n1. The van der Waals surface area contributed by atoms with E-state index < -0.39 is 12.5 Å². The molecule has 0 unspecified atom stereocenters. The standard InChI is InChI=1S/C18H13F4N3O/c1-11-9-10-23-16(24-11)15-4-2-3-14(25-15)12-5-7-13(8-6-12)26-18(21,22)17(19)20/h2-10,17H,1H3. The predicted molar refractivity (Wildman–Crippen MR) is 87.0 cm³/mol. The first-order valence-corrected chi connectivity index (χ1v) is 7.57. The second-order valence-electron chi connectivity index (χ2n) is 5.42. The molecule has 0 aliphatic heterocycles. The van der Waals surface area contributed by atoms with Gasteiger partial charge in [0.05, 0.1) is 5.69 Å². The number of hydrogen-bond donors (Lipinski definition) is 0. The summed E-state index contributed by atoms with van der Waals surface area (Å²) >= 11 is 0. The lowest BCUT2D eigenvalue weighted by Gasteiger charge is -2.16. The Bertz CT molecular complexity index is 901. The fourth-order valence-corrected chi connectivity index (χ4v) is 2.19. The number of rotatable bonds is 5. The minimum absolute atomic E-state index is 0.364. The molecule has 3 rings (SSSR count). The fraction of sp³-hybridized carbons (Fsp3) is 0.167. The molecule has 0 N–H and O–H groups in total. The Morgan fingerprint density at radius 3 is 2.27 bits per heavy atom. The highest BCUT2D eigenvalue weighted by Crippen LogP contribution is 2.29.